The highest BCUT2D eigenvalue weighted by atomic mass is 31.1. The second kappa shape index (κ2) is 4.63. The molecular formula is C18H12O2P+. The number of benzene rings is 4. The predicted octanol–water partition coefficient (Wildman–Crippen LogP) is 4.51. The zero-order valence-corrected chi connectivity index (χ0v) is 12.0. The van der Waals surface area contributed by atoms with Crippen molar-refractivity contribution in [2.45, 2.75) is 0 Å². The van der Waals surface area contributed by atoms with Crippen LogP contribution < -0.4 is 5.30 Å². The van der Waals surface area contributed by atoms with Crippen LogP contribution in [-0.2, 0) is 4.57 Å². The molecule has 0 aromatic heterocycles. The fourth-order valence-electron chi connectivity index (χ4n) is 3.00. The Morgan fingerprint density at radius 3 is 2.05 bits per heavy atom. The van der Waals surface area contributed by atoms with E-state index in [4.69, 9.17) is 0 Å². The minimum absolute atomic E-state index is 0.504. The summed E-state index contributed by atoms with van der Waals surface area (Å²) in [7, 11) is -2.37. The molecule has 21 heavy (non-hydrogen) atoms. The molecule has 1 N–H and O–H groups in total. The van der Waals surface area contributed by atoms with E-state index >= 15 is 0 Å². The lowest BCUT2D eigenvalue weighted by Crippen LogP contribution is -1.99. The van der Waals surface area contributed by atoms with Crippen LogP contribution in [0.15, 0.2) is 66.7 Å². The van der Waals surface area contributed by atoms with Crippen LogP contribution in [-0.4, -0.2) is 4.89 Å². The van der Waals surface area contributed by atoms with Crippen LogP contribution in [0.3, 0.4) is 0 Å². The van der Waals surface area contributed by atoms with Crippen LogP contribution in [0.1, 0.15) is 0 Å². The molecule has 0 aliphatic heterocycles. The molecule has 100 valence electrons. The van der Waals surface area contributed by atoms with Gasteiger partial charge in [0, 0.05) is 11.5 Å². The monoisotopic (exact) mass is 291 g/mol. The summed E-state index contributed by atoms with van der Waals surface area (Å²) in [5.74, 6) is 0. The van der Waals surface area contributed by atoms with Crippen LogP contribution in [0.25, 0.3) is 32.3 Å². The molecule has 0 spiro atoms. The SMILES string of the molecule is O=[P+](O)c1cc2c3ccccc3ccc2c2ccccc12. The Hall–Kier alpha value is -2.28. The molecule has 0 amide bonds. The topological polar surface area (TPSA) is 37.3 Å². The lowest BCUT2D eigenvalue weighted by atomic mass is 9.97. The number of hydrogen-bond donors (Lipinski definition) is 1. The summed E-state index contributed by atoms with van der Waals surface area (Å²) in [4.78, 5) is 9.66. The fraction of sp³-hybridized carbons (Fsp3) is 0. The van der Waals surface area contributed by atoms with E-state index in [-0.39, 0.29) is 0 Å². The van der Waals surface area contributed by atoms with E-state index in [0.717, 1.165) is 32.3 Å². The Bertz CT molecular complexity index is 1020. The van der Waals surface area contributed by atoms with Crippen molar-refractivity contribution in [2.75, 3.05) is 0 Å². The highest BCUT2D eigenvalue weighted by Gasteiger charge is 2.22. The summed E-state index contributed by atoms with van der Waals surface area (Å²) >= 11 is 0. The molecule has 4 aromatic rings. The summed E-state index contributed by atoms with van der Waals surface area (Å²) in [5.41, 5.74) is 0. The maximum absolute atomic E-state index is 11.7. The first-order valence-electron chi connectivity index (χ1n) is 6.75. The average Bonchev–Trinajstić information content (AvgIpc) is 2.53. The van der Waals surface area contributed by atoms with Gasteiger partial charge >= 0.3 is 8.03 Å². The minimum Gasteiger partial charge on any atom is -0.156 e. The Morgan fingerprint density at radius 1 is 0.667 bits per heavy atom. The van der Waals surface area contributed by atoms with E-state index in [1.807, 2.05) is 42.5 Å². The Morgan fingerprint density at radius 2 is 1.29 bits per heavy atom. The zero-order chi connectivity index (χ0) is 14.4. The van der Waals surface area contributed by atoms with E-state index in [2.05, 4.69) is 24.3 Å². The highest BCUT2D eigenvalue weighted by molar-refractivity contribution is 7.48. The third-order valence-corrected chi connectivity index (χ3v) is 4.73. The third-order valence-electron chi connectivity index (χ3n) is 3.95. The van der Waals surface area contributed by atoms with E-state index < -0.39 is 8.03 Å². The van der Waals surface area contributed by atoms with E-state index in [1.165, 1.54) is 0 Å². The van der Waals surface area contributed by atoms with Crippen LogP contribution in [0.5, 0.6) is 0 Å². The van der Waals surface area contributed by atoms with E-state index in [1.54, 1.807) is 0 Å². The van der Waals surface area contributed by atoms with Crippen molar-refractivity contribution in [1.82, 2.24) is 0 Å². The molecule has 0 fully saturated rings. The molecule has 0 radical (unpaired) electrons. The van der Waals surface area contributed by atoms with Gasteiger partial charge in [0.1, 0.15) is 0 Å². The number of rotatable bonds is 1. The van der Waals surface area contributed by atoms with Gasteiger partial charge in [-0.25, -0.2) is 0 Å². The summed E-state index contributed by atoms with van der Waals surface area (Å²) in [6, 6.07) is 21.9. The lowest BCUT2D eigenvalue weighted by Gasteiger charge is -2.07. The first-order valence-corrected chi connectivity index (χ1v) is 7.96. The van der Waals surface area contributed by atoms with Crippen LogP contribution in [0, 0.1) is 0 Å². The van der Waals surface area contributed by atoms with Crippen molar-refractivity contribution in [3.8, 4) is 0 Å². The van der Waals surface area contributed by atoms with Crippen molar-refractivity contribution in [3.63, 3.8) is 0 Å². The van der Waals surface area contributed by atoms with Crippen molar-refractivity contribution >= 4 is 45.6 Å². The predicted molar refractivity (Wildman–Crippen MR) is 88.4 cm³/mol. The van der Waals surface area contributed by atoms with Gasteiger partial charge in [0.15, 0.2) is 0 Å². The normalized spacial score (nSPS) is 12.1. The van der Waals surface area contributed by atoms with Gasteiger partial charge in [-0.15, -0.1) is 0 Å². The number of hydrogen-bond acceptors (Lipinski definition) is 1. The molecule has 2 nitrogen and oxygen atoms in total. The quantitative estimate of drug-likeness (QED) is 0.414. The molecule has 3 heteroatoms. The molecule has 0 saturated carbocycles. The lowest BCUT2D eigenvalue weighted by molar-refractivity contribution is 0.513. The van der Waals surface area contributed by atoms with E-state index in [0.29, 0.717) is 5.30 Å². The molecule has 1 unspecified atom stereocenters. The molecule has 0 saturated heterocycles. The van der Waals surface area contributed by atoms with Crippen LogP contribution >= 0.6 is 8.03 Å². The van der Waals surface area contributed by atoms with Crippen molar-refractivity contribution < 1.29 is 9.46 Å². The first kappa shape index (κ1) is 12.5. The zero-order valence-electron chi connectivity index (χ0n) is 11.2. The van der Waals surface area contributed by atoms with E-state index in [9.17, 15) is 9.46 Å². The van der Waals surface area contributed by atoms with Gasteiger partial charge in [0.2, 0.25) is 5.30 Å². The molecule has 0 aliphatic rings. The second-order valence-corrected chi connectivity index (χ2v) is 6.12. The van der Waals surface area contributed by atoms with Gasteiger partial charge in [-0.2, -0.15) is 4.89 Å². The summed E-state index contributed by atoms with van der Waals surface area (Å²) in [6.45, 7) is 0. The second-order valence-electron chi connectivity index (χ2n) is 5.10. The Kier molecular flexibility index (Phi) is 2.75. The summed E-state index contributed by atoms with van der Waals surface area (Å²) in [6.07, 6.45) is 0. The van der Waals surface area contributed by atoms with Crippen LogP contribution in [0.2, 0.25) is 0 Å². The minimum atomic E-state index is -2.37. The number of fused-ring (bicyclic) bond motifs is 5. The Labute approximate surface area is 122 Å². The van der Waals surface area contributed by atoms with Crippen molar-refractivity contribution in [2.24, 2.45) is 0 Å². The Balaban J connectivity index is 2.32. The molecule has 0 bridgehead atoms. The summed E-state index contributed by atoms with van der Waals surface area (Å²) < 4.78 is 11.7. The maximum atomic E-state index is 11.7. The van der Waals surface area contributed by atoms with Gasteiger partial charge in [0.05, 0.1) is 0 Å². The largest absolute Gasteiger partial charge is 0.546 e. The maximum Gasteiger partial charge on any atom is 0.546 e. The van der Waals surface area contributed by atoms with Gasteiger partial charge in [-0.3, -0.25) is 0 Å². The van der Waals surface area contributed by atoms with Gasteiger partial charge in [-0.1, -0.05) is 54.6 Å². The smallest absolute Gasteiger partial charge is 0.156 e. The average molecular weight is 291 g/mol. The van der Waals surface area contributed by atoms with Crippen molar-refractivity contribution in [1.29, 1.82) is 0 Å². The standard InChI is InChI=1S/C18H11O2P/c19-21(20)18-11-17-13-6-2-1-5-12(13)9-10-15(17)14-7-3-4-8-16(14)18/h1-11H/p+1. The van der Waals surface area contributed by atoms with Gasteiger partial charge in [0.25, 0.3) is 0 Å². The molecule has 4 aromatic carbocycles. The third kappa shape index (κ3) is 1.84. The summed E-state index contributed by atoms with van der Waals surface area (Å²) in [5, 5.41) is 6.77. The first-order chi connectivity index (χ1) is 10.3. The van der Waals surface area contributed by atoms with Crippen molar-refractivity contribution in [3.05, 3.63) is 66.7 Å². The van der Waals surface area contributed by atoms with Gasteiger partial charge in [-0.05, 0) is 37.6 Å². The van der Waals surface area contributed by atoms with Gasteiger partial charge < -0.3 is 0 Å². The van der Waals surface area contributed by atoms with Crippen LogP contribution in [0.4, 0.5) is 0 Å². The highest BCUT2D eigenvalue weighted by Crippen LogP contribution is 2.33. The molecular weight excluding hydrogens is 279 g/mol. The molecule has 4 rings (SSSR count). The molecule has 1 atom stereocenters. The fourth-order valence-corrected chi connectivity index (χ4v) is 3.64. The molecule has 0 aliphatic carbocycles. The molecule has 0 heterocycles.